The first-order valence-electron chi connectivity index (χ1n) is 5.34. The molecule has 0 aliphatic rings. The Kier molecular flexibility index (Phi) is 4.75. The maximum absolute atomic E-state index is 11.8. The summed E-state index contributed by atoms with van der Waals surface area (Å²) < 4.78 is 3.95. The maximum atomic E-state index is 11.8. The standard InChI is InChI=1S/C13H18O3Se/c1-9-5-7-10(8-6-9)11(14)13(2,17-4)12(15)16-3/h5-8,11,14H,1-4H3/t11-,13+/m1/s1. The second-order valence-electron chi connectivity index (χ2n) is 4.12. The molecule has 4 heteroatoms. The minimum absolute atomic E-state index is 0.0512. The topological polar surface area (TPSA) is 46.5 Å². The van der Waals surface area contributed by atoms with Crippen LogP contribution in [0, 0.1) is 6.92 Å². The molecule has 0 radical (unpaired) electrons. The summed E-state index contributed by atoms with van der Waals surface area (Å²) in [7, 11) is 1.36. The number of aliphatic hydroxyl groups is 1. The molecule has 0 aliphatic carbocycles. The van der Waals surface area contributed by atoms with Gasteiger partial charge in [-0.25, -0.2) is 0 Å². The molecular weight excluding hydrogens is 283 g/mol. The number of methoxy groups -OCH3 is 1. The van der Waals surface area contributed by atoms with Crippen molar-refractivity contribution in [1.82, 2.24) is 0 Å². The van der Waals surface area contributed by atoms with Crippen molar-refractivity contribution in [3.8, 4) is 0 Å². The van der Waals surface area contributed by atoms with E-state index in [0.717, 1.165) is 11.1 Å². The number of aryl methyl sites for hydroxylation is 1. The zero-order valence-corrected chi connectivity index (χ0v) is 12.3. The van der Waals surface area contributed by atoms with Crippen molar-refractivity contribution in [3.63, 3.8) is 0 Å². The molecule has 94 valence electrons. The summed E-state index contributed by atoms with van der Waals surface area (Å²) in [6.45, 7) is 3.74. The fourth-order valence-electron chi connectivity index (χ4n) is 1.58. The second kappa shape index (κ2) is 5.67. The van der Waals surface area contributed by atoms with E-state index in [2.05, 4.69) is 0 Å². The molecule has 0 heterocycles. The zero-order valence-electron chi connectivity index (χ0n) is 10.6. The number of esters is 1. The molecule has 0 fully saturated rings. The molecule has 0 saturated carbocycles. The summed E-state index contributed by atoms with van der Waals surface area (Å²) >= 11 is -0.0512. The summed E-state index contributed by atoms with van der Waals surface area (Å²) in [6.07, 6.45) is -0.819. The van der Waals surface area contributed by atoms with Gasteiger partial charge in [0.25, 0.3) is 0 Å². The van der Waals surface area contributed by atoms with Crippen LogP contribution in [0.5, 0.6) is 0 Å². The molecule has 0 unspecified atom stereocenters. The third-order valence-electron chi connectivity index (χ3n) is 2.93. The van der Waals surface area contributed by atoms with E-state index in [9.17, 15) is 9.90 Å². The molecule has 1 rings (SSSR count). The van der Waals surface area contributed by atoms with Crippen LogP contribution in [0.4, 0.5) is 0 Å². The van der Waals surface area contributed by atoms with Crippen LogP contribution >= 0.6 is 0 Å². The Morgan fingerprint density at radius 1 is 1.41 bits per heavy atom. The Morgan fingerprint density at radius 2 is 1.94 bits per heavy atom. The zero-order chi connectivity index (χ0) is 13.1. The van der Waals surface area contributed by atoms with Crippen LogP contribution in [0.15, 0.2) is 24.3 Å². The second-order valence-corrected chi connectivity index (χ2v) is 6.75. The average molecular weight is 301 g/mol. The molecule has 0 spiro atoms. The Bertz CT molecular complexity index is 388. The first-order chi connectivity index (χ1) is 7.95. The van der Waals surface area contributed by atoms with Crippen LogP contribution in [0.1, 0.15) is 24.2 Å². The predicted molar refractivity (Wildman–Crippen MR) is 68.1 cm³/mol. The van der Waals surface area contributed by atoms with Crippen LogP contribution < -0.4 is 0 Å². The number of carbonyl (C=O) groups excluding carboxylic acids is 1. The van der Waals surface area contributed by atoms with Crippen molar-refractivity contribution < 1.29 is 14.6 Å². The predicted octanol–water partition coefficient (Wildman–Crippen LogP) is 2.13. The van der Waals surface area contributed by atoms with E-state index in [-0.39, 0.29) is 20.9 Å². The van der Waals surface area contributed by atoms with E-state index in [1.54, 1.807) is 6.92 Å². The third-order valence-corrected chi connectivity index (χ3v) is 5.53. The average Bonchev–Trinajstić information content (AvgIpc) is 2.36. The van der Waals surface area contributed by atoms with Crippen molar-refractivity contribution in [2.75, 3.05) is 7.11 Å². The Morgan fingerprint density at radius 3 is 2.35 bits per heavy atom. The Labute approximate surface area is 108 Å². The van der Waals surface area contributed by atoms with Gasteiger partial charge in [-0.3, -0.25) is 0 Å². The van der Waals surface area contributed by atoms with Crippen molar-refractivity contribution >= 4 is 20.9 Å². The third kappa shape index (κ3) is 2.89. The molecule has 3 nitrogen and oxygen atoms in total. The first kappa shape index (κ1) is 14.2. The number of hydrogen-bond donors (Lipinski definition) is 1. The molecule has 1 N–H and O–H groups in total. The van der Waals surface area contributed by atoms with Gasteiger partial charge in [0.05, 0.1) is 0 Å². The summed E-state index contributed by atoms with van der Waals surface area (Å²) in [6, 6.07) is 7.57. The SMILES string of the molecule is COC(=O)[C@@](C)([Se]C)[C@H](O)c1ccc(C)cc1. The fourth-order valence-corrected chi connectivity index (χ4v) is 2.85. The quantitative estimate of drug-likeness (QED) is 0.684. The molecule has 17 heavy (non-hydrogen) atoms. The van der Waals surface area contributed by atoms with Gasteiger partial charge < -0.3 is 0 Å². The summed E-state index contributed by atoms with van der Waals surface area (Å²) in [5, 5.41) is 10.3. The number of aliphatic hydroxyl groups excluding tert-OH is 1. The van der Waals surface area contributed by atoms with Gasteiger partial charge in [-0.1, -0.05) is 0 Å². The molecule has 0 aromatic heterocycles. The molecular formula is C13H18O3Se. The normalized spacial score (nSPS) is 16.1. The molecule has 0 saturated heterocycles. The summed E-state index contributed by atoms with van der Waals surface area (Å²) in [5.41, 5.74) is 1.88. The van der Waals surface area contributed by atoms with Crippen LogP contribution in [0.3, 0.4) is 0 Å². The van der Waals surface area contributed by atoms with Crippen molar-refractivity contribution in [2.45, 2.75) is 30.1 Å². The molecule has 0 bridgehead atoms. The molecule has 2 atom stereocenters. The number of ether oxygens (including phenoxy) is 1. The summed E-state index contributed by atoms with van der Waals surface area (Å²) in [5.74, 6) is 1.58. The van der Waals surface area contributed by atoms with Gasteiger partial charge >= 0.3 is 108 Å². The van der Waals surface area contributed by atoms with E-state index < -0.39 is 10.4 Å². The van der Waals surface area contributed by atoms with Crippen molar-refractivity contribution in [3.05, 3.63) is 35.4 Å². The van der Waals surface area contributed by atoms with Crippen LogP contribution in [0.25, 0.3) is 0 Å². The number of rotatable bonds is 4. The molecule has 0 amide bonds. The number of hydrogen-bond acceptors (Lipinski definition) is 3. The molecule has 1 aromatic rings. The van der Waals surface area contributed by atoms with Crippen LogP contribution in [-0.2, 0) is 9.53 Å². The van der Waals surface area contributed by atoms with Gasteiger partial charge in [0.2, 0.25) is 0 Å². The number of benzene rings is 1. The van der Waals surface area contributed by atoms with Crippen molar-refractivity contribution in [2.24, 2.45) is 0 Å². The van der Waals surface area contributed by atoms with E-state index >= 15 is 0 Å². The van der Waals surface area contributed by atoms with E-state index in [0.29, 0.717) is 0 Å². The van der Waals surface area contributed by atoms with Crippen molar-refractivity contribution in [1.29, 1.82) is 0 Å². The summed E-state index contributed by atoms with van der Waals surface area (Å²) in [4.78, 5) is 11.8. The Balaban J connectivity index is 3.04. The number of carbonyl (C=O) groups is 1. The fraction of sp³-hybridized carbons (Fsp3) is 0.462. The van der Waals surface area contributed by atoms with Crippen LogP contribution in [-0.4, -0.2) is 33.1 Å². The Hall–Kier alpha value is -0.831. The van der Waals surface area contributed by atoms with Gasteiger partial charge in [0.15, 0.2) is 0 Å². The minimum atomic E-state index is -0.836. The monoisotopic (exact) mass is 302 g/mol. The first-order valence-corrected chi connectivity index (χ1v) is 7.91. The molecule has 1 aromatic carbocycles. The van der Waals surface area contributed by atoms with Gasteiger partial charge in [0.1, 0.15) is 0 Å². The van der Waals surface area contributed by atoms with Gasteiger partial charge in [-0.05, 0) is 0 Å². The van der Waals surface area contributed by atoms with Gasteiger partial charge in [-0.15, -0.1) is 0 Å². The van der Waals surface area contributed by atoms with Gasteiger partial charge in [0, 0.05) is 0 Å². The van der Waals surface area contributed by atoms with Gasteiger partial charge in [-0.2, -0.15) is 0 Å². The molecule has 0 aliphatic heterocycles. The van der Waals surface area contributed by atoms with E-state index in [1.807, 2.05) is 37.0 Å². The van der Waals surface area contributed by atoms with E-state index in [4.69, 9.17) is 4.74 Å². The van der Waals surface area contributed by atoms with Crippen LogP contribution in [0.2, 0.25) is 10.1 Å². The van der Waals surface area contributed by atoms with E-state index in [1.165, 1.54) is 7.11 Å².